The Morgan fingerprint density at radius 3 is 2.71 bits per heavy atom. The first-order valence-electron chi connectivity index (χ1n) is 9.54. The molecule has 0 amide bonds. The Labute approximate surface area is 176 Å². The van der Waals surface area contributed by atoms with Gasteiger partial charge < -0.3 is 4.42 Å². The van der Waals surface area contributed by atoms with Crippen LogP contribution in [-0.2, 0) is 0 Å². The van der Waals surface area contributed by atoms with Crippen LogP contribution in [0.3, 0.4) is 0 Å². The van der Waals surface area contributed by atoms with E-state index < -0.39 is 0 Å². The van der Waals surface area contributed by atoms with Gasteiger partial charge in [-0.1, -0.05) is 36.4 Å². The minimum Gasteiger partial charge on any atom is -0.454 e. The number of rotatable bonds is 5. The smallest absolute Gasteiger partial charge is 0.274 e. The van der Waals surface area contributed by atoms with Crippen molar-refractivity contribution < 1.29 is 4.42 Å². The van der Waals surface area contributed by atoms with Crippen LogP contribution < -0.4 is 11.0 Å². The molecule has 5 aromatic rings. The number of aromatic amines is 1. The number of hydrogen-bond acceptors (Lipinski definition) is 7. The molecule has 31 heavy (non-hydrogen) atoms. The molecule has 9 nitrogen and oxygen atoms in total. The lowest BCUT2D eigenvalue weighted by Crippen LogP contribution is -2.15. The van der Waals surface area contributed by atoms with Crippen LogP contribution in [0.1, 0.15) is 11.3 Å². The highest BCUT2D eigenvalue weighted by molar-refractivity contribution is 5.90. The maximum absolute atomic E-state index is 11.7. The number of benzene rings is 2. The summed E-state index contributed by atoms with van der Waals surface area (Å²) in [5.74, 6) is 0.772. The number of H-pyrrole nitrogens is 1. The molecule has 3 aromatic heterocycles. The third kappa shape index (κ3) is 3.71. The zero-order valence-electron chi connectivity index (χ0n) is 16.5. The highest BCUT2D eigenvalue weighted by atomic mass is 16.3. The lowest BCUT2D eigenvalue weighted by atomic mass is 10.2. The molecule has 0 radical (unpaired) electrons. The van der Waals surface area contributed by atoms with Gasteiger partial charge in [-0.2, -0.15) is 10.2 Å². The number of aryl methyl sites for hydroxylation is 1. The molecule has 3 heterocycles. The van der Waals surface area contributed by atoms with Crippen molar-refractivity contribution in [1.82, 2.24) is 25.0 Å². The summed E-state index contributed by atoms with van der Waals surface area (Å²) in [5, 5.41) is 17.5. The quantitative estimate of drug-likeness (QED) is 0.338. The molecule has 0 saturated heterocycles. The van der Waals surface area contributed by atoms with Crippen LogP contribution in [0, 0.1) is 6.92 Å². The van der Waals surface area contributed by atoms with Gasteiger partial charge in [-0.25, -0.2) is 10.1 Å². The Hall–Kier alpha value is -4.53. The van der Waals surface area contributed by atoms with Gasteiger partial charge in [-0.3, -0.25) is 9.78 Å². The fourth-order valence-corrected chi connectivity index (χ4v) is 3.09. The molecular formula is C22H17N7O2. The lowest BCUT2D eigenvalue weighted by molar-refractivity contribution is 0.627. The second kappa shape index (κ2) is 7.71. The molecule has 5 rings (SSSR count). The van der Waals surface area contributed by atoms with E-state index in [0.717, 1.165) is 22.2 Å². The largest absolute Gasteiger partial charge is 0.454 e. The fraction of sp³-hybridized carbons (Fsp3) is 0.0455. The number of anilines is 1. The van der Waals surface area contributed by atoms with Gasteiger partial charge in [-0.15, -0.1) is 10.2 Å². The molecule has 0 aliphatic rings. The van der Waals surface area contributed by atoms with Crippen LogP contribution in [0.2, 0.25) is 0 Å². The van der Waals surface area contributed by atoms with E-state index >= 15 is 0 Å². The summed E-state index contributed by atoms with van der Waals surface area (Å²) in [6.07, 6.45) is 3.45. The lowest BCUT2D eigenvalue weighted by Gasteiger charge is -1.98. The number of hydrogen-bond donors (Lipinski definition) is 2. The van der Waals surface area contributed by atoms with Gasteiger partial charge in [0.05, 0.1) is 11.9 Å². The Bertz CT molecular complexity index is 1410. The summed E-state index contributed by atoms with van der Waals surface area (Å²) in [6.45, 7) is 1.58. The minimum atomic E-state index is -0.326. The Morgan fingerprint density at radius 2 is 1.90 bits per heavy atom. The highest BCUT2D eigenvalue weighted by Crippen LogP contribution is 2.29. The maximum atomic E-state index is 11.7. The molecule has 0 atom stereocenters. The average molecular weight is 411 g/mol. The topological polar surface area (TPSA) is 114 Å². The number of aromatic nitrogens is 5. The van der Waals surface area contributed by atoms with E-state index in [1.54, 1.807) is 17.8 Å². The van der Waals surface area contributed by atoms with Crippen LogP contribution in [-0.4, -0.2) is 31.2 Å². The van der Waals surface area contributed by atoms with Crippen molar-refractivity contribution in [3.63, 3.8) is 0 Å². The maximum Gasteiger partial charge on any atom is 0.274 e. The zero-order chi connectivity index (χ0) is 21.2. The normalized spacial score (nSPS) is 11.4. The van der Waals surface area contributed by atoms with Crippen LogP contribution in [0.4, 0.5) is 5.95 Å². The van der Waals surface area contributed by atoms with Crippen LogP contribution in [0.25, 0.3) is 28.1 Å². The van der Waals surface area contributed by atoms with E-state index in [-0.39, 0.29) is 17.2 Å². The van der Waals surface area contributed by atoms with E-state index in [9.17, 15) is 4.79 Å². The number of hydrazone groups is 1. The summed E-state index contributed by atoms with van der Waals surface area (Å²) in [5.41, 5.74) is 5.68. The van der Waals surface area contributed by atoms with E-state index in [0.29, 0.717) is 11.5 Å². The van der Waals surface area contributed by atoms with E-state index in [1.165, 1.54) is 0 Å². The predicted molar refractivity (Wildman–Crippen MR) is 117 cm³/mol. The van der Waals surface area contributed by atoms with Gasteiger partial charge in [0.25, 0.3) is 5.56 Å². The molecule has 9 heteroatoms. The SMILES string of the molecule is Cc1nnc(N/N=C/c2cn(-c3ccccc3)nc2-c2cc3ccccc3o2)[nH]c1=O. The molecule has 152 valence electrons. The number of fused-ring (bicyclic) bond motifs is 1. The summed E-state index contributed by atoms with van der Waals surface area (Å²) < 4.78 is 7.77. The van der Waals surface area contributed by atoms with Crippen molar-refractivity contribution in [2.24, 2.45) is 5.10 Å². The second-order valence-electron chi connectivity index (χ2n) is 6.82. The highest BCUT2D eigenvalue weighted by Gasteiger charge is 2.15. The third-order valence-corrected chi connectivity index (χ3v) is 4.66. The van der Waals surface area contributed by atoms with Crippen molar-refractivity contribution in [3.05, 3.63) is 88.5 Å². The van der Waals surface area contributed by atoms with Crippen LogP contribution >= 0.6 is 0 Å². The molecule has 0 fully saturated rings. The van der Waals surface area contributed by atoms with Crippen molar-refractivity contribution in [2.45, 2.75) is 6.92 Å². The minimum absolute atomic E-state index is 0.146. The second-order valence-corrected chi connectivity index (χ2v) is 6.82. The van der Waals surface area contributed by atoms with Crippen molar-refractivity contribution in [3.8, 4) is 17.1 Å². The van der Waals surface area contributed by atoms with E-state index in [2.05, 4.69) is 25.7 Å². The summed E-state index contributed by atoms with van der Waals surface area (Å²) in [7, 11) is 0. The summed E-state index contributed by atoms with van der Waals surface area (Å²) in [6, 6.07) is 19.5. The first-order valence-corrected chi connectivity index (χ1v) is 9.54. The van der Waals surface area contributed by atoms with Crippen LogP contribution in [0.5, 0.6) is 0 Å². The molecule has 0 aliphatic carbocycles. The van der Waals surface area contributed by atoms with Crippen molar-refractivity contribution in [1.29, 1.82) is 0 Å². The number of furan rings is 1. The average Bonchev–Trinajstić information content (AvgIpc) is 3.41. The zero-order valence-corrected chi connectivity index (χ0v) is 16.5. The van der Waals surface area contributed by atoms with Crippen molar-refractivity contribution >= 4 is 23.1 Å². The molecule has 0 spiro atoms. The first kappa shape index (κ1) is 18.5. The van der Waals surface area contributed by atoms with Gasteiger partial charge in [0.2, 0.25) is 5.95 Å². The molecule has 0 bridgehead atoms. The number of nitrogens with one attached hydrogen (secondary N) is 2. The number of nitrogens with zero attached hydrogens (tertiary/aromatic N) is 5. The molecule has 2 N–H and O–H groups in total. The van der Waals surface area contributed by atoms with E-state index in [1.807, 2.05) is 66.9 Å². The third-order valence-electron chi connectivity index (χ3n) is 4.66. The van der Waals surface area contributed by atoms with Gasteiger partial charge >= 0.3 is 0 Å². The van der Waals surface area contributed by atoms with Gasteiger partial charge in [0.15, 0.2) is 5.76 Å². The Kier molecular flexibility index (Phi) is 4.60. The Morgan fingerprint density at radius 1 is 1.10 bits per heavy atom. The van der Waals surface area contributed by atoms with Gasteiger partial charge in [0, 0.05) is 17.1 Å². The standard InChI is InChI=1S/C22H17N7O2/c1-14-21(30)24-22(27-25-14)26-23-12-16-13-29(17-8-3-2-4-9-17)28-20(16)19-11-15-7-5-6-10-18(15)31-19/h2-13H,1H3,(H2,24,26,27,30)/b23-12+. The fourth-order valence-electron chi connectivity index (χ4n) is 3.09. The number of para-hydroxylation sites is 2. The molecule has 0 aliphatic heterocycles. The summed E-state index contributed by atoms with van der Waals surface area (Å²) >= 11 is 0. The van der Waals surface area contributed by atoms with Crippen LogP contribution in [0.15, 0.2) is 81.2 Å². The van der Waals surface area contributed by atoms with Gasteiger partial charge in [0.1, 0.15) is 17.0 Å². The van der Waals surface area contributed by atoms with Crippen molar-refractivity contribution in [2.75, 3.05) is 5.43 Å². The molecular weight excluding hydrogens is 394 g/mol. The Balaban J connectivity index is 1.53. The molecule has 0 saturated carbocycles. The van der Waals surface area contributed by atoms with E-state index in [4.69, 9.17) is 9.52 Å². The first-order chi connectivity index (χ1) is 15.2. The molecule has 2 aromatic carbocycles. The summed E-state index contributed by atoms with van der Waals surface area (Å²) in [4.78, 5) is 14.2. The molecule has 0 unspecified atom stereocenters. The van der Waals surface area contributed by atoms with Gasteiger partial charge in [-0.05, 0) is 31.2 Å². The monoisotopic (exact) mass is 411 g/mol. The predicted octanol–water partition coefficient (Wildman–Crippen LogP) is 3.52.